The molecular formula is C11H22N4OS. The Hall–Kier alpha value is -1.04. The number of nitrogen functional groups attached to an aromatic ring is 1. The number of nitrogens with two attached hydrogens (primary N) is 1. The van der Waals surface area contributed by atoms with Crippen LogP contribution in [0.1, 0.15) is 32.0 Å². The lowest BCUT2D eigenvalue weighted by molar-refractivity contribution is 0.534. The lowest BCUT2D eigenvalue weighted by Gasteiger charge is -2.13. The quantitative estimate of drug-likeness (QED) is 0.759. The van der Waals surface area contributed by atoms with Gasteiger partial charge in [-0.15, -0.1) is 0 Å². The second-order valence-electron chi connectivity index (χ2n) is 4.44. The molecule has 0 bridgehead atoms. The molecule has 0 fully saturated rings. The van der Waals surface area contributed by atoms with Gasteiger partial charge in [0, 0.05) is 35.4 Å². The van der Waals surface area contributed by atoms with Crippen molar-refractivity contribution >= 4 is 22.3 Å². The molecule has 0 spiro atoms. The SMILES string of the molecule is Cc1nn(C(C)C)c(NCCCS(C)=O)c1N. The first kappa shape index (κ1) is 14.0. The third-order valence-electron chi connectivity index (χ3n) is 2.52. The first-order valence-corrected chi connectivity index (χ1v) is 7.54. The van der Waals surface area contributed by atoms with Crippen LogP contribution in [0.5, 0.6) is 0 Å². The summed E-state index contributed by atoms with van der Waals surface area (Å²) < 4.78 is 12.8. The molecule has 0 aliphatic carbocycles. The maximum absolute atomic E-state index is 10.9. The number of aromatic nitrogens is 2. The van der Waals surface area contributed by atoms with Gasteiger partial charge in [0.05, 0.1) is 11.4 Å². The van der Waals surface area contributed by atoms with Gasteiger partial charge in [0.15, 0.2) is 0 Å². The third-order valence-corrected chi connectivity index (χ3v) is 3.39. The number of nitrogens with zero attached hydrogens (tertiary/aromatic N) is 2. The van der Waals surface area contributed by atoms with Crippen LogP contribution in [0.3, 0.4) is 0 Å². The number of rotatable bonds is 6. The summed E-state index contributed by atoms with van der Waals surface area (Å²) in [5.41, 5.74) is 7.53. The van der Waals surface area contributed by atoms with E-state index in [0.717, 1.165) is 24.5 Å². The van der Waals surface area contributed by atoms with Gasteiger partial charge in [-0.1, -0.05) is 0 Å². The van der Waals surface area contributed by atoms with Gasteiger partial charge in [-0.25, -0.2) is 4.68 Å². The maximum atomic E-state index is 10.9. The van der Waals surface area contributed by atoms with Crippen molar-refractivity contribution in [2.24, 2.45) is 0 Å². The monoisotopic (exact) mass is 258 g/mol. The fourth-order valence-electron chi connectivity index (χ4n) is 1.59. The van der Waals surface area contributed by atoms with E-state index in [-0.39, 0.29) is 6.04 Å². The summed E-state index contributed by atoms with van der Waals surface area (Å²) >= 11 is 0. The van der Waals surface area contributed by atoms with Gasteiger partial charge in [0.1, 0.15) is 5.82 Å². The molecule has 0 saturated carbocycles. The molecule has 0 aromatic carbocycles. The summed E-state index contributed by atoms with van der Waals surface area (Å²) in [7, 11) is -0.731. The van der Waals surface area contributed by atoms with Gasteiger partial charge >= 0.3 is 0 Å². The third kappa shape index (κ3) is 3.73. The van der Waals surface area contributed by atoms with E-state index in [1.54, 1.807) is 6.26 Å². The minimum Gasteiger partial charge on any atom is -0.394 e. The van der Waals surface area contributed by atoms with Crippen LogP contribution in [0.4, 0.5) is 11.5 Å². The summed E-state index contributed by atoms with van der Waals surface area (Å²) in [5.74, 6) is 1.58. The Morgan fingerprint density at radius 1 is 1.53 bits per heavy atom. The van der Waals surface area contributed by atoms with Gasteiger partial charge in [-0.2, -0.15) is 5.10 Å². The molecule has 1 aromatic heterocycles. The van der Waals surface area contributed by atoms with E-state index < -0.39 is 10.8 Å². The minimum atomic E-state index is -0.731. The number of aryl methyl sites for hydroxylation is 1. The van der Waals surface area contributed by atoms with Crippen LogP contribution in [0.25, 0.3) is 0 Å². The molecular weight excluding hydrogens is 236 g/mol. The van der Waals surface area contributed by atoms with E-state index in [4.69, 9.17) is 5.73 Å². The second-order valence-corrected chi connectivity index (χ2v) is 6.00. The molecule has 5 nitrogen and oxygen atoms in total. The highest BCUT2D eigenvalue weighted by Crippen LogP contribution is 2.25. The van der Waals surface area contributed by atoms with Crippen LogP contribution in [-0.2, 0) is 10.8 Å². The Kier molecular flexibility index (Phi) is 4.99. The molecule has 1 unspecified atom stereocenters. The van der Waals surface area contributed by atoms with Crippen LogP contribution in [-0.4, -0.2) is 32.5 Å². The number of hydrogen-bond acceptors (Lipinski definition) is 4. The van der Waals surface area contributed by atoms with E-state index in [2.05, 4.69) is 24.3 Å². The average molecular weight is 258 g/mol. The molecule has 98 valence electrons. The molecule has 0 saturated heterocycles. The first-order chi connectivity index (χ1) is 7.93. The van der Waals surface area contributed by atoms with E-state index >= 15 is 0 Å². The van der Waals surface area contributed by atoms with Crippen LogP contribution < -0.4 is 11.1 Å². The Morgan fingerprint density at radius 2 is 2.18 bits per heavy atom. The first-order valence-electron chi connectivity index (χ1n) is 5.82. The molecule has 17 heavy (non-hydrogen) atoms. The number of hydrogen-bond donors (Lipinski definition) is 2. The summed E-state index contributed by atoms with van der Waals surface area (Å²) in [4.78, 5) is 0. The van der Waals surface area contributed by atoms with Crippen molar-refractivity contribution in [2.45, 2.75) is 33.2 Å². The van der Waals surface area contributed by atoms with Gasteiger partial charge in [0.25, 0.3) is 0 Å². The smallest absolute Gasteiger partial charge is 0.148 e. The second kappa shape index (κ2) is 6.05. The van der Waals surface area contributed by atoms with Crippen molar-refractivity contribution in [3.05, 3.63) is 5.69 Å². The highest BCUT2D eigenvalue weighted by Gasteiger charge is 2.13. The van der Waals surface area contributed by atoms with Crippen molar-refractivity contribution in [1.29, 1.82) is 0 Å². The van der Waals surface area contributed by atoms with Crippen LogP contribution in [0.15, 0.2) is 0 Å². The Morgan fingerprint density at radius 3 is 2.71 bits per heavy atom. The topological polar surface area (TPSA) is 72.9 Å². The Labute approximate surface area is 105 Å². The fraction of sp³-hybridized carbons (Fsp3) is 0.727. The van der Waals surface area contributed by atoms with E-state index in [9.17, 15) is 4.21 Å². The highest BCUT2D eigenvalue weighted by molar-refractivity contribution is 7.84. The molecule has 1 aromatic rings. The lowest BCUT2D eigenvalue weighted by Crippen LogP contribution is -2.13. The number of nitrogens with one attached hydrogen (secondary N) is 1. The zero-order chi connectivity index (χ0) is 13.0. The summed E-state index contributed by atoms with van der Waals surface area (Å²) in [6.07, 6.45) is 2.59. The van der Waals surface area contributed by atoms with Crippen molar-refractivity contribution in [3.8, 4) is 0 Å². The van der Waals surface area contributed by atoms with Gasteiger partial charge in [-0.05, 0) is 27.2 Å². The predicted octanol–water partition coefficient (Wildman–Crippen LogP) is 1.54. The van der Waals surface area contributed by atoms with Crippen LogP contribution >= 0.6 is 0 Å². The molecule has 0 radical (unpaired) electrons. The molecule has 1 heterocycles. The standard InChI is InChI=1S/C11H22N4OS/c1-8(2)15-11(10(12)9(3)14-15)13-6-5-7-17(4)16/h8,13H,5-7,12H2,1-4H3. The molecule has 1 rings (SSSR count). The van der Waals surface area contributed by atoms with Crippen molar-refractivity contribution < 1.29 is 4.21 Å². The molecule has 1 atom stereocenters. The van der Waals surface area contributed by atoms with Crippen molar-refractivity contribution in [2.75, 3.05) is 29.6 Å². The van der Waals surface area contributed by atoms with Gasteiger partial charge in [-0.3, -0.25) is 4.21 Å². The minimum absolute atomic E-state index is 0.272. The normalized spacial score (nSPS) is 13.0. The van der Waals surface area contributed by atoms with Gasteiger partial charge < -0.3 is 11.1 Å². The molecule has 0 amide bonds. The Bertz CT molecular complexity index is 400. The van der Waals surface area contributed by atoms with Crippen LogP contribution in [0.2, 0.25) is 0 Å². The highest BCUT2D eigenvalue weighted by atomic mass is 32.2. The molecule has 0 aliphatic heterocycles. The lowest BCUT2D eigenvalue weighted by atomic mass is 10.3. The molecule has 6 heteroatoms. The molecule has 3 N–H and O–H groups in total. The average Bonchev–Trinajstić information content (AvgIpc) is 2.51. The maximum Gasteiger partial charge on any atom is 0.148 e. The zero-order valence-electron chi connectivity index (χ0n) is 11.0. The summed E-state index contributed by atoms with van der Waals surface area (Å²) in [6, 6.07) is 0.272. The van der Waals surface area contributed by atoms with Gasteiger partial charge in [0.2, 0.25) is 0 Å². The predicted molar refractivity (Wildman–Crippen MR) is 73.8 cm³/mol. The van der Waals surface area contributed by atoms with E-state index in [0.29, 0.717) is 11.4 Å². The summed E-state index contributed by atoms with van der Waals surface area (Å²) in [5, 5.41) is 7.67. The largest absolute Gasteiger partial charge is 0.394 e. The van der Waals surface area contributed by atoms with E-state index in [1.807, 2.05) is 11.6 Å². The Balaban J connectivity index is 2.66. The number of anilines is 2. The van der Waals surface area contributed by atoms with Crippen molar-refractivity contribution in [1.82, 2.24) is 9.78 Å². The van der Waals surface area contributed by atoms with Crippen molar-refractivity contribution in [3.63, 3.8) is 0 Å². The summed E-state index contributed by atoms with van der Waals surface area (Å²) in [6.45, 7) is 6.80. The zero-order valence-corrected chi connectivity index (χ0v) is 11.8. The fourth-order valence-corrected chi connectivity index (χ4v) is 2.14. The van der Waals surface area contributed by atoms with Crippen LogP contribution in [0, 0.1) is 6.92 Å². The van der Waals surface area contributed by atoms with E-state index in [1.165, 1.54) is 0 Å². The molecule has 0 aliphatic rings.